The smallest absolute Gasteiger partial charge is 2.00 e. The minimum Gasteiger partial charge on any atom is -2.00 e. The number of hydrogen-bond acceptors (Lipinski definition) is 0. The van der Waals surface area contributed by atoms with E-state index < -0.39 is 0 Å². The van der Waals surface area contributed by atoms with Crippen molar-refractivity contribution in [1.82, 2.24) is 0 Å². The van der Waals surface area contributed by atoms with Crippen molar-refractivity contribution in [3.63, 3.8) is 0 Å². The topological polar surface area (TPSA) is 57.0 Å². The first-order valence-electron chi connectivity index (χ1n) is 0. The molecule has 0 saturated heterocycles. The second-order valence-electron chi connectivity index (χ2n) is 0. The minimum absolute atomic E-state index is 0. The fourth-order valence-electron chi connectivity index (χ4n) is 0. The van der Waals surface area contributed by atoms with Crippen LogP contribution in [0.25, 0.3) is 0 Å². The van der Waals surface area contributed by atoms with Gasteiger partial charge in [0.15, 0.2) is 0 Å². The zero-order valence-corrected chi connectivity index (χ0v) is 9.29. The molecule has 0 bridgehead atoms. The first kappa shape index (κ1) is 38.2. The number of hydrogen-bond donors (Lipinski definition) is 0. The third-order valence-electron chi connectivity index (χ3n) is 0. The van der Waals surface area contributed by atoms with Crippen LogP contribution in [0.5, 0.6) is 0 Å². The van der Waals surface area contributed by atoms with Crippen molar-refractivity contribution in [3.8, 4) is 0 Å². The van der Waals surface area contributed by atoms with Crippen LogP contribution in [0.3, 0.4) is 0 Å². The standard InChI is InChI=1S/2O.Pu.U/q2*-2;;+4. The Morgan fingerprint density at radius 1 is 0.750 bits per heavy atom. The quantitative estimate of drug-likeness (QED) is 0.429. The van der Waals surface area contributed by atoms with Crippen molar-refractivity contribution < 1.29 is 71.2 Å². The molecule has 4 heavy (non-hydrogen) atoms. The van der Waals surface area contributed by atoms with Crippen LogP contribution >= 0.6 is 0 Å². The molecule has 2 nitrogen and oxygen atoms in total. The van der Waals surface area contributed by atoms with E-state index in [1.807, 2.05) is 0 Å². The van der Waals surface area contributed by atoms with E-state index in [1.165, 1.54) is 0 Å². The predicted molar refractivity (Wildman–Crippen MR) is 1.37 cm³/mol. The Bertz CT molecular complexity index is 6.00. The minimum atomic E-state index is 0. The van der Waals surface area contributed by atoms with Gasteiger partial charge in [0, 0.05) is 29.2 Å². The van der Waals surface area contributed by atoms with Gasteiger partial charge in [0.2, 0.25) is 0 Å². The third kappa shape index (κ3) is 9.03. The van der Waals surface area contributed by atoms with Gasteiger partial charge >= 0.3 is 31.1 Å². The van der Waals surface area contributed by atoms with E-state index in [0.717, 1.165) is 0 Å². The van der Waals surface area contributed by atoms with Crippen LogP contribution in [0.15, 0.2) is 0 Å². The van der Waals surface area contributed by atoms with E-state index in [-0.39, 0.29) is 71.2 Å². The Balaban J connectivity index is 0. The molecule has 0 aliphatic carbocycles. The summed E-state index contributed by atoms with van der Waals surface area (Å²) in [7, 11) is 0. The molecular weight excluding hydrogens is 514 g/mol. The largest absolute Gasteiger partial charge is 4.00 e. The normalized spacial score (nSPS) is 0. The first-order valence-corrected chi connectivity index (χ1v) is 0. The van der Waals surface area contributed by atoms with Crippen LogP contribution in [0.4, 0.5) is 0 Å². The fraction of sp³-hybridized carbons (Fsp3) is 0. The average Bonchev–Trinajstić information content (AvgIpc) is 0. The molecule has 0 unspecified atom stereocenters. The maximum absolute atomic E-state index is 0. The summed E-state index contributed by atoms with van der Waals surface area (Å²) in [5, 5.41) is 0. The van der Waals surface area contributed by atoms with Gasteiger partial charge in [-0.3, -0.25) is 0 Å². The molecule has 0 fully saturated rings. The van der Waals surface area contributed by atoms with Crippen LogP contribution < -0.4 is 0 Å². The summed E-state index contributed by atoms with van der Waals surface area (Å²) in [4.78, 5) is 0. The molecule has 0 spiro atoms. The summed E-state index contributed by atoms with van der Waals surface area (Å²) >= 11 is 0. The van der Waals surface area contributed by atoms with Crippen molar-refractivity contribution in [3.05, 3.63) is 0 Å². The molecule has 4 heteroatoms. The predicted octanol–water partition coefficient (Wildman–Crippen LogP) is -0.238. The molecule has 0 aromatic heterocycles. The van der Waals surface area contributed by atoms with Crippen molar-refractivity contribution in [2.24, 2.45) is 0 Å². The van der Waals surface area contributed by atoms with Gasteiger partial charge in [-0.1, -0.05) is 0 Å². The molecule has 0 rings (SSSR count). The SMILES string of the molecule is [O-2].[O-2].[Pu].[U+4]. The summed E-state index contributed by atoms with van der Waals surface area (Å²) in [5.41, 5.74) is 0. The van der Waals surface area contributed by atoms with Gasteiger partial charge in [0.05, 0.1) is 0 Å². The monoisotopic (exact) mass is 508 g/mol. The molecule has 0 aromatic rings. The second kappa shape index (κ2) is 20.3. The van der Waals surface area contributed by atoms with Crippen molar-refractivity contribution >= 4 is 0 Å². The van der Waals surface area contributed by atoms with Gasteiger partial charge in [-0.2, -0.15) is 0 Å². The van der Waals surface area contributed by atoms with Crippen molar-refractivity contribution in [2.75, 3.05) is 0 Å². The molecule has 0 aliphatic heterocycles. The van der Waals surface area contributed by atoms with Gasteiger partial charge in [-0.05, 0) is 0 Å². The molecular formula is O2PuU. The molecule has 0 aliphatic rings. The van der Waals surface area contributed by atoms with E-state index in [9.17, 15) is 0 Å². The van der Waals surface area contributed by atoms with Gasteiger partial charge < -0.3 is 11.0 Å². The Morgan fingerprint density at radius 3 is 0.750 bits per heavy atom. The Kier molecular flexibility index (Phi) is 193. The van der Waals surface area contributed by atoms with Crippen LogP contribution in [0, 0.1) is 60.3 Å². The van der Waals surface area contributed by atoms with Gasteiger partial charge in [-0.15, -0.1) is 0 Å². The summed E-state index contributed by atoms with van der Waals surface area (Å²) in [6.07, 6.45) is 0. The number of rotatable bonds is 0. The zero-order chi connectivity index (χ0) is 0. The maximum atomic E-state index is 0. The van der Waals surface area contributed by atoms with E-state index in [2.05, 4.69) is 0 Å². The van der Waals surface area contributed by atoms with Crippen LogP contribution in [0.2, 0.25) is 0 Å². The summed E-state index contributed by atoms with van der Waals surface area (Å²) in [5.74, 6) is 0. The van der Waals surface area contributed by atoms with E-state index >= 15 is 0 Å². The first-order chi connectivity index (χ1) is 0. The Hall–Kier alpha value is 1.96. The molecule has 22 valence electrons. The molecule has 0 N–H and O–H groups in total. The van der Waals surface area contributed by atoms with Crippen LogP contribution in [-0.4, -0.2) is 0 Å². The second-order valence-corrected chi connectivity index (χ2v) is 0. The van der Waals surface area contributed by atoms with E-state index in [4.69, 9.17) is 0 Å². The van der Waals surface area contributed by atoms with Gasteiger partial charge in [0.25, 0.3) is 0 Å². The van der Waals surface area contributed by atoms with Crippen LogP contribution in [0.1, 0.15) is 0 Å². The van der Waals surface area contributed by atoms with Gasteiger partial charge in [-0.25, -0.2) is 0 Å². The third-order valence-corrected chi connectivity index (χ3v) is 0. The summed E-state index contributed by atoms with van der Waals surface area (Å²) in [6, 6.07) is 0. The summed E-state index contributed by atoms with van der Waals surface area (Å²) < 4.78 is 0. The average molecular weight is 514 g/mol. The van der Waals surface area contributed by atoms with Gasteiger partial charge in [0.1, 0.15) is 0 Å². The summed E-state index contributed by atoms with van der Waals surface area (Å²) in [6.45, 7) is 0. The molecule has 0 atom stereocenters. The maximum Gasteiger partial charge on any atom is 4.00 e. The van der Waals surface area contributed by atoms with Crippen molar-refractivity contribution in [2.45, 2.75) is 0 Å². The molecule has 0 amide bonds. The fourth-order valence-corrected chi connectivity index (χ4v) is 0. The molecule has 0 aromatic carbocycles. The Morgan fingerprint density at radius 2 is 0.750 bits per heavy atom. The van der Waals surface area contributed by atoms with E-state index in [1.54, 1.807) is 0 Å². The van der Waals surface area contributed by atoms with Crippen LogP contribution in [-0.2, 0) is 11.0 Å². The Labute approximate surface area is 70.3 Å². The van der Waals surface area contributed by atoms with E-state index in [0.29, 0.717) is 0 Å². The molecule has 0 saturated carbocycles. The molecule has 0 radical (unpaired) electrons. The zero-order valence-electron chi connectivity index (χ0n) is 1.72. The van der Waals surface area contributed by atoms with Crippen molar-refractivity contribution in [1.29, 1.82) is 0 Å². The molecule has 0 heterocycles.